The summed E-state index contributed by atoms with van der Waals surface area (Å²) in [5.74, 6) is 0.467. The highest BCUT2D eigenvalue weighted by atomic mass is 16.5. The van der Waals surface area contributed by atoms with Crippen molar-refractivity contribution in [2.24, 2.45) is 0 Å². The Labute approximate surface area is 171 Å². The summed E-state index contributed by atoms with van der Waals surface area (Å²) in [7, 11) is 0. The predicted octanol–water partition coefficient (Wildman–Crippen LogP) is 2.77. The molecule has 0 aromatic heterocycles. The maximum atomic E-state index is 12.4. The molecule has 0 spiro atoms. The van der Waals surface area contributed by atoms with Crippen molar-refractivity contribution in [1.82, 2.24) is 10.6 Å². The van der Waals surface area contributed by atoms with Crippen LogP contribution in [-0.4, -0.2) is 44.1 Å². The number of benzene rings is 2. The monoisotopic (exact) mass is 393 g/mol. The molecule has 6 nitrogen and oxygen atoms in total. The van der Waals surface area contributed by atoms with E-state index in [1.807, 2.05) is 54.6 Å². The van der Waals surface area contributed by atoms with Gasteiger partial charge in [0, 0.05) is 31.4 Å². The van der Waals surface area contributed by atoms with E-state index in [9.17, 15) is 9.59 Å². The second-order valence-corrected chi connectivity index (χ2v) is 6.95. The lowest BCUT2D eigenvalue weighted by Gasteiger charge is -2.34. The average Bonchev–Trinajstić information content (AvgIpc) is 2.77. The van der Waals surface area contributed by atoms with Gasteiger partial charge in [-0.2, -0.15) is 0 Å². The van der Waals surface area contributed by atoms with E-state index in [1.54, 1.807) is 6.08 Å². The molecule has 0 radical (unpaired) electrons. The number of piperidine rings is 1. The number of nitrogens with one attached hydrogen (secondary N) is 2. The summed E-state index contributed by atoms with van der Waals surface area (Å²) in [6, 6.07) is 17.0. The van der Waals surface area contributed by atoms with E-state index in [0.29, 0.717) is 17.9 Å². The van der Waals surface area contributed by atoms with Crippen molar-refractivity contribution in [3.63, 3.8) is 0 Å². The van der Waals surface area contributed by atoms with E-state index >= 15 is 0 Å². The molecule has 2 aromatic carbocycles. The van der Waals surface area contributed by atoms with Gasteiger partial charge in [-0.15, -0.1) is 6.58 Å². The van der Waals surface area contributed by atoms with E-state index < -0.39 is 0 Å². The van der Waals surface area contributed by atoms with Gasteiger partial charge in [0.2, 0.25) is 0 Å². The number of hydrogen-bond donors (Lipinski definition) is 2. The van der Waals surface area contributed by atoms with Crippen LogP contribution in [0, 0.1) is 0 Å². The van der Waals surface area contributed by atoms with Gasteiger partial charge in [0.05, 0.1) is 5.56 Å². The Balaban J connectivity index is 1.50. The Hall–Kier alpha value is -3.28. The Morgan fingerprint density at radius 2 is 1.76 bits per heavy atom. The molecule has 0 bridgehead atoms. The van der Waals surface area contributed by atoms with Gasteiger partial charge in [0.25, 0.3) is 11.8 Å². The Morgan fingerprint density at radius 3 is 2.48 bits per heavy atom. The number of nitrogens with zero attached hydrogens (tertiary/aromatic N) is 1. The molecule has 0 aliphatic carbocycles. The lowest BCUT2D eigenvalue weighted by Crippen LogP contribution is -2.46. The molecule has 2 amide bonds. The SMILES string of the molecule is C=CCNC(=O)c1ccccc1N1CCC(NC(=O)COc2ccccc2)CC1. The number of carbonyl (C=O) groups excluding carboxylic acids is 2. The maximum Gasteiger partial charge on any atom is 0.258 e. The number of anilines is 1. The average molecular weight is 393 g/mol. The fourth-order valence-electron chi connectivity index (χ4n) is 3.40. The van der Waals surface area contributed by atoms with Crippen molar-refractivity contribution in [1.29, 1.82) is 0 Å². The van der Waals surface area contributed by atoms with E-state index in [4.69, 9.17) is 4.74 Å². The quantitative estimate of drug-likeness (QED) is 0.677. The van der Waals surface area contributed by atoms with Crippen LogP contribution in [0.15, 0.2) is 67.3 Å². The molecule has 1 aliphatic heterocycles. The van der Waals surface area contributed by atoms with Crippen LogP contribution < -0.4 is 20.3 Å². The Morgan fingerprint density at radius 1 is 1.07 bits per heavy atom. The summed E-state index contributed by atoms with van der Waals surface area (Å²) in [4.78, 5) is 26.8. The molecule has 2 N–H and O–H groups in total. The highest BCUT2D eigenvalue weighted by Crippen LogP contribution is 2.24. The van der Waals surface area contributed by atoms with E-state index in [1.165, 1.54) is 0 Å². The number of amides is 2. The molecule has 0 atom stereocenters. The second kappa shape index (κ2) is 10.3. The first kappa shape index (κ1) is 20.5. The van der Waals surface area contributed by atoms with Crippen LogP contribution in [0.1, 0.15) is 23.2 Å². The first-order chi connectivity index (χ1) is 14.2. The summed E-state index contributed by atoms with van der Waals surface area (Å²) in [5.41, 5.74) is 1.58. The normalized spacial score (nSPS) is 14.1. The maximum absolute atomic E-state index is 12.4. The predicted molar refractivity (Wildman–Crippen MR) is 114 cm³/mol. The van der Waals surface area contributed by atoms with Crippen LogP contribution in [0.5, 0.6) is 5.75 Å². The van der Waals surface area contributed by atoms with E-state index in [-0.39, 0.29) is 24.5 Å². The lowest BCUT2D eigenvalue weighted by atomic mass is 10.0. The molecular formula is C23H27N3O3. The third-order valence-electron chi connectivity index (χ3n) is 4.87. The van der Waals surface area contributed by atoms with Crippen molar-refractivity contribution >= 4 is 17.5 Å². The number of rotatable bonds is 8. The largest absolute Gasteiger partial charge is 0.484 e. The molecule has 2 aromatic rings. The number of hydrogen-bond acceptors (Lipinski definition) is 4. The molecule has 3 rings (SSSR count). The fourth-order valence-corrected chi connectivity index (χ4v) is 3.40. The van der Waals surface area contributed by atoms with Crippen molar-refractivity contribution in [3.8, 4) is 5.75 Å². The van der Waals surface area contributed by atoms with Crippen molar-refractivity contribution in [2.75, 3.05) is 31.1 Å². The van der Waals surface area contributed by atoms with Gasteiger partial charge < -0.3 is 20.3 Å². The molecule has 6 heteroatoms. The van der Waals surface area contributed by atoms with Gasteiger partial charge >= 0.3 is 0 Å². The van der Waals surface area contributed by atoms with Crippen LogP contribution >= 0.6 is 0 Å². The van der Waals surface area contributed by atoms with Crippen molar-refractivity contribution in [2.45, 2.75) is 18.9 Å². The van der Waals surface area contributed by atoms with Crippen molar-refractivity contribution < 1.29 is 14.3 Å². The zero-order valence-corrected chi connectivity index (χ0v) is 16.5. The van der Waals surface area contributed by atoms with Gasteiger partial charge in [0.15, 0.2) is 6.61 Å². The number of ether oxygens (including phenoxy) is 1. The first-order valence-electron chi connectivity index (χ1n) is 9.87. The van der Waals surface area contributed by atoms with Gasteiger partial charge in [-0.25, -0.2) is 0 Å². The summed E-state index contributed by atoms with van der Waals surface area (Å²) >= 11 is 0. The smallest absolute Gasteiger partial charge is 0.258 e. The highest BCUT2D eigenvalue weighted by Gasteiger charge is 2.23. The lowest BCUT2D eigenvalue weighted by molar-refractivity contribution is -0.123. The highest BCUT2D eigenvalue weighted by molar-refractivity contribution is 5.99. The molecule has 152 valence electrons. The standard InChI is InChI=1S/C23H27N3O3/c1-2-14-24-23(28)20-10-6-7-11-21(20)26-15-12-18(13-16-26)25-22(27)17-29-19-8-4-3-5-9-19/h2-11,18H,1,12-17H2,(H,24,28)(H,25,27). The number of para-hydroxylation sites is 2. The Bertz CT molecular complexity index is 830. The molecule has 0 saturated carbocycles. The second-order valence-electron chi connectivity index (χ2n) is 6.95. The molecule has 1 heterocycles. The van der Waals surface area contributed by atoms with Crippen LogP contribution in [0.4, 0.5) is 5.69 Å². The summed E-state index contributed by atoms with van der Waals surface area (Å²) < 4.78 is 5.50. The summed E-state index contributed by atoms with van der Waals surface area (Å²) in [5, 5.41) is 5.88. The zero-order chi connectivity index (χ0) is 20.5. The fraction of sp³-hybridized carbons (Fsp3) is 0.304. The molecule has 0 unspecified atom stereocenters. The van der Waals surface area contributed by atoms with E-state index in [2.05, 4.69) is 22.1 Å². The molecule has 1 aliphatic rings. The topological polar surface area (TPSA) is 70.7 Å². The van der Waals surface area contributed by atoms with Crippen molar-refractivity contribution in [3.05, 3.63) is 72.8 Å². The molecule has 1 saturated heterocycles. The van der Waals surface area contributed by atoms with Gasteiger partial charge in [0.1, 0.15) is 5.75 Å². The minimum Gasteiger partial charge on any atom is -0.484 e. The molecule has 1 fully saturated rings. The van der Waals surface area contributed by atoms with Crippen LogP contribution in [-0.2, 0) is 4.79 Å². The first-order valence-corrected chi connectivity index (χ1v) is 9.87. The van der Waals surface area contributed by atoms with E-state index in [0.717, 1.165) is 31.6 Å². The summed E-state index contributed by atoms with van der Waals surface area (Å²) in [6.45, 7) is 5.63. The van der Waals surface area contributed by atoms with Crippen LogP contribution in [0.25, 0.3) is 0 Å². The zero-order valence-electron chi connectivity index (χ0n) is 16.5. The molecule has 29 heavy (non-hydrogen) atoms. The minimum absolute atomic E-state index is 0.0105. The number of carbonyl (C=O) groups is 2. The van der Waals surface area contributed by atoms with Crippen LogP contribution in [0.2, 0.25) is 0 Å². The van der Waals surface area contributed by atoms with Gasteiger partial charge in [-0.1, -0.05) is 36.4 Å². The summed E-state index contributed by atoms with van der Waals surface area (Å²) in [6.07, 6.45) is 3.30. The molecular weight excluding hydrogens is 366 g/mol. The third-order valence-corrected chi connectivity index (χ3v) is 4.87. The van der Waals surface area contributed by atoms with Gasteiger partial charge in [-0.3, -0.25) is 9.59 Å². The van der Waals surface area contributed by atoms with Gasteiger partial charge in [-0.05, 0) is 37.1 Å². The third kappa shape index (κ3) is 5.85. The Kier molecular flexibility index (Phi) is 7.28. The van der Waals surface area contributed by atoms with Crippen LogP contribution in [0.3, 0.4) is 0 Å². The minimum atomic E-state index is -0.114.